The van der Waals surface area contributed by atoms with Crippen LogP contribution in [0, 0.1) is 13.8 Å². The van der Waals surface area contributed by atoms with E-state index in [1.165, 1.54) is 6.92 Å². The number of aryl methyl sites for hydroxylation is 2. The zero-order valence-electron chi connectivity index (χ0n) is 13.8. The first-order chi connectivity index (χ1) is 11.3. The number of benzene rings is 2. The van der Waals surface area contributed by atoms with Crippen molar-refractivity contribution in [2.45, 2.75) is 20.8 Å². The van der Waals surface area contributed by atoms with Gasteiger partial charge in [0.2, 0.25) is 5.91 Å². The smallest absolute Gasteiger partial charge is 0.262 e. The lowest BCUT2D eigenvalue weighted by atomic mass is 10.1. The first-order valence-electron chi connectivity index (χ1n) is 7.42. The van der Waals surface area contributed by atoms with Crippen molar-refractivity contribution in [3.63, 3.8) is 0 Å². The highest BCUT2D eigenvalue weighted by Gasteiger charge is 2.09. The molecular weight excluding hydrogens is 328 g/mol. The molecule has 126 valence electrons. The lowest BCUT2D eigenvalue weighted by Gasteiger charge is -2.13. The van der Waals surface area contributed by atoms with Gasteiger partial charge in [0.15, 0.2) is 6.61 Å². The fraction of sp³-hybridized carbons (Fsp3) is 0.222. The number of anilines is 2. The summed E-state index contributed by atoms with van der Waals surface area (Å²) in [7, 11) is 0. The van der Waals surface area contributed by atoms with Crippen LogP contribution in [0.25, 0.3) is 0 Å². The minimum Gasteiger partial charge on any atom is -0.483 e. The standard InChI is InChI=1S/C18H19ClN2O3/c1-11-7-14(19)8-12(2)18(11)24-10-17(23)21-16-6-4-5-15(9-16)20-13(3)22/h4-9H,10H2,1-3H3,(H,20,22)(H,21,23). The van der Waals surface area contributed by atoms with Gasteiger partial charge >= 0.3 is 0 Å². The molecule has 0 saturated carbocycles. The van der Waals surface area contributed by atoms with Crippen LogP contribution in [-0.2, 0) is 9.59 Å². The highest BCUT2D eigenvalue weighted by atomic mass is 35.5. The summed E-state index contributed by atoms with van der Waals surface area (Å²) in [6.45, 7) is 5.07. The number of nitrogens with one attached hydrogen (secondary N) is 2. The fourth-order valence-corrected chi connectivity index (χ4v) is 2.67. The van der Waals surface area contributed by atoms with Crippen LogP contribution in [0.3, 0.4) is 0 Å². The molecule has 0 saturated heterocycles. The van der Waals surface area contributed by atoms with Crippen LogP contribution in [0.2, 0.25) is 5.02 Å². The third-order valence-electron chi connectivity index (χ3n) is 3.24. The normalized spacial score (nSPS) is 10.2. The molecule has 0 spiro atoms. The molecule has 0 aliphatic rings. The summed E-state index contributed by atoms with van der Waals surface area (Å²) in [5.74, 6) is 0.195. The number of ether oxygens (including phenoxy) is 1. The second-order valence-corrected chi connectivity index (χ2v) is 5.90. The van der Waals surface area contributed by atoms with Crippen molar-refractivity contribution >= 4 is 34.8 Å². The average molecular weight is 347 g/mol. The second-order valence-electron chi connectivity index (χ2n) is 5.47. The van der Waals surface area contributed by atoms with E-state index in [1.807, 2.05) is 13.8 Å². The number of rotatable bonds is 5. The van der Waals surface area contributed by atoms with Gasteiger partial charge in [-0.1, -0.05) is 17.7 Å². The van der Waals surface area contributed by atoms with Gasteiger partial charge in [0.1, 0.15) is 5.75 Å². The van der Waals surface area contributed by atoms with Crippen molar-refractivity contribution in [3.8, 4) is 5.75 Å². The van der Waals surface area contributed by atoms with Crippen molar-refractivity contribution in [2.75, 3.05) is 17.2 Å². The minimum atomic E-state index is -0.288. The Kier molecular flexibility index (Phi) is 5.82. The van der Waals surface area contributed by atoms with Crippen molar-refractivity contribution in [1.29, 1.82) is 0 Å². The number of hydrogen-bond donors (Lipinski definition) is 2. The number of amides is 2. The molecule has 0 aliphatic carbocycles. The van der Waals surface area contributed by atoms with Gasteiger partial charge in [-0.2, -0.15) is 0 Å². The van der Waals surface area contributed by atoms with Crippen LogP contribution in [0.4, 0.5) is 11.4 Å². The molecule has 0 bridgehead atoms. The van der Waals surface area contributed by atoms with Gasteiger partial charge in [-0.3, -0.25) is 9.59 Å². The molecule has 0 atom stereocenters. The van der Waals surface area contributed by atoms with Gasteiger partial charge in [0.25, 0.3) is 5.91 Å². The second kappa shape index (κ2) is 7.84. The SMILES string of the molecule is CC(=O)Nc1cccc(NC(=O)COc2c(C)cc(Cl)cc2C)c1. The summed E-state index contributed by atoms with van der Waals surface area (Å²) >= 11 is 5.98. The summed E-state index contributed by atoms with van der Waals surface area (Å²) < 4.78 is 5.61. The van der Waals surface area contributed by atoms with Crippen LogP contribution in [0.5, 0.6) is 5.75 Å². The highest BCUT2D eigenvalue weighted by Crippen LogP contribution is 2.27. The van der Waals surface area contributed by atoms with E-state index in [9.17, 15) is 9.59 Å². The molecular formula is C18H19ClN2O3. The quantitative estimate of drug-likeness (QED) is 0.861. The highest BCUT2D eigenvalue weighted by molar-refractivity contribution is 6.30. The Morgan fingerprint density at radius 1 is 1.04 bits per heavy atom. The van der Waals surface area contributed by atoms with E-state index in [2.05, 4.69) is 10.6 Å². The van der Waals surface area contributed by atoms with Crippen LogP contribution in [-0.4, -0.2) is 18.4 Å². The third kappa shape index (κ3) is 4.99. The lowest BCUT2D eigenvalue weighted by molar-refractivity contribution is -0.118. The average Bonchev–Trinajstić information content (AvgIpc) is 2.45. The molecule has 0 fully saturated rings. The molecule has 0 radical (unpaired) electrons. The van der Waals surface area contributed by atoms with E-state index in [-0.39, 0.29) is 18.4 Å². The molecule has 2 N–H and O–H groups in total. The van der Waals surface area contributed by atoms with Crippen molar-refractivity contribution in [2.24, 2.45) is 0 Å². The summed E-state index contributed by atoms with van der Waals surface area (Å²) in [4.78, 5) is 23.1. The molecule has 0 aromatic heterocycles. The fourth-order valence-electron chi connectivity index (χ4n) is 2.34. The van der Waals surface area contributed by atoms with E-state index in [1.54, 1.807) is 36.4 Å². The minimum absolute atomic E-state index is 0.117. The van der Waals surface area contributed by atoms with E-state index in [0.29, 0.717) is 22.1 Å². The molecule has 2 aromatic carbocycles. The van der Waals surface area contributed by atoms with E-state index in [4.69, 9.17) is 16.3 Å². The molecule has 0 unspecified atom stereocenters. The Labute approximate surface area is 146 Å². The Bertz CT molecular complexity index is 752. The zero-order valence-corrected chi connectivity index (χ0v) is 14.5. The number of hydrogen-bond acceptors (Lipinski definition) is 3. The number of halogens is 1. The first kappa shape index (κ1) is 17.8. The van der Waals surface area contributed by atoms with Crippen molar-refractivity contribution < 1.29 is 14.3 Å². The van der Waals surface area contributed by atoms with E-state index in [0.717, 1.165) is 11.1 Å². The number of carbonyl (C=O) groups excluding carboxylic acids is 2. The Hall–Kier alpha value is -2.53. The monoisotopic (exact) mass is 346 g/mol. The maximum absolute atomic E-state index is 12.1. The molecule has 0 heterocycles. The molecule has 6 heteroatoms. The maximum atomic E-state index is 12.1. The zero-order chi connectivity index (χ0) is 17.7. The predicted octanol–water partition coefficient (Wildman–Crippen LogP) is 3.93. The summed E-state index contributed by atoms with van der Waals surface area (Å²) in [5, 5.41) is 6.03. The van der Waals surface area contributed by atoms with Crippen molar-refractivity contribution in [1.82, 2.24) is 0 Å². The summed E-state index contributed by atoms with van der Waals surface area (Å²) in [5.41, 5.74) is 2.95. The van der Waals surface area contributed by atoms with Crippen LogP contribution < -0.4 is 15.4 Å². The van der Waals surface area contributed by atoms with E-state index < -0.39 is 0 Å². The topological polar surface area (TPSA) is 67.4 Å². The van der Waals surface area contributed by atoms with Gasteiger partial charge in [-0.25, -0.2) is 0 Å². The molecule has 2 amide bonds. The molecule has 24 heavy (non-hydrogen) atoms. The Balaban J connectivity index is 1.98. The molecule has 2 aromatic rings. The largest absolute Gasteiger partial charge is 0.483 e. The van der Waals surface area contributed by atoms with Gasteiger partial charge in [-0.05, 0) is 55.3 Å². The molecule has 5 nitrogen and oxygen atoms in total. The van der Waals surface area contributed by atoms with Gasteiger partial charge in [-0.15, -0.1) is 0 Å². The first-order valence-corrected chi connectivity index (χ1v) is 7.80. The van der Waals surface area contributed by atoms with Crippen LogP contribution in [0.1, 0.15) is 18.1 Å². The van der Waals surface area contributed by atoms with Gasteiger partial charge in [0, 0.05) is 23.3 Å². The van der Waals surface area contributed by atoms with Crippen LogP contribution >= 0.6 is 11.6 Å². The van der Waals surface area contributed by atoms with Gasteiger partial charge in [0.05, 0.1) is 0 Å². The lowest BCUT2D eigenvalue weighted by Crippen LogP contribution is -2.20. The van der Waals surface area contributed by atoms with Crippen molar-refractivity contribution in [3.05, 3.63) is 52.5 Å². The predicted molar refractivity (Wildman–Crippen MR) is 95.8 cm³/mol. The summed E-state index contributed by atoms with van der Waals surface area (Å²) in [6, 6.07) is 10.5. The summed E-state index contributed by atoms with van der Waals surface area (Å²) in [6.07, 6.45) is 0. The van der Waals surface area contributed by atoms with Crippen LogP contribution in [0.15, 0.2) is 36.4 Å². The Morgan fingerprint density at radius 3 is 2.21 bits per heavy atom. The number of carbonyl (C=O) groups is 2. The third-order valence-corrected chi connectivity index (χ3v) is 3.46. The maximum Gasteiger partial charge on any atom is 0.262 e. The molecule has 0 aliphatic heterocycles. The van der Waals surface area contributed by atoms with E-state index >= 15 is 0 Å². The molecule has 2 rings (SSSR count). The Morgan fingerprint density at radius 2 is 1.62 bits per heavy atom. The van der Waals surface area contributed by atoms with Gasteiger partial charge < -0.3 is 15.4 Å².